The van der Waals surface area contributed by atoms with Crippen LogP contribution < -0.4 is 14.8 Å². The Hall–Kier alpha value is -2.31. The van der Waals surface area contributed by atoms with Crippen LogP contribution in [0.5, 0.6) is 11.5 Å². The molecule has 7 heteroatoms. The summed E-state index contributed by atoms with van der Waals surface area (Å²) in [5, 5.41) is 13.4. The van der Waals surface area contributed by atoms with E-state index in [9.17, 15) is 14.9 Å². The second-order valence-electron chi connectivity index (χ2n) is 4.12. The van der Waals surface area contributed by atoms with Crippen molar-refractivity contribution < 1.29 is 19.2 Å². The average molecular weight is 252 g/mol. The summed E-state index contributed by atoms with van der Waals surface area (Å²) in [5.74, 6) is 0.135. The van der Waals surface area contributed by atoms with Gasteiger partial charge < -0.3 is 14.8 Å². The molecule has 0 unspecified atom stereocenters. The number of hydrogen-bond acceptors (Lipinski definition) is 5. The molecule has 1 heterocycles. The fourth-order valence-corrected chi connectivity index (χ4v) is 1.46. The van der Waals surface area contributed by atoms with Crippen molar-refractivity contribution in [1.29, 1.82) is 0 Å². The van der Waals surface area contributed by atoms with Crippen LogP contribution in [-0.4, -0.2) is 17.6 Å². The number of ether oxygens (including phenoxy) is 2. The van der Waals surface area contributed by atoms with E-state index in [-0.39, 0.29) is 30.0 Å². The van der Waals surface area contributed by atoms with Gasteiger partial charge in [0.1, 0.15) is 5.69 Å². The van der Waals surface area contributed by atoms with Crippen LogP contribution >= 0.6 is 0 Å². The van der Waals surface area contributed by atoms with Crippen molar-refractivity contribution in [2.45, 2.75) is 13.8 Å². The van der Waals surface area contributed by atoms with Gasteiger partial charge in [-0.25, -0.2) is 0 Å². The maximum Gasteiger partial charge on any atom is 0.296 e. The maximum atomic E-state index is 11.6. The maximum absolute atomic E-state index is 11.6. The number of rotatable bonds is 3. The normalized spacial score (nSPS) is 12.6. The molecule has 1 aliphatic heterocycles. The second-order valence-corrected chi connectivity index (χ2v) is 4.12. The van der Waals surface area contributed by atoms with Gasteiger partial charge in [0.05, 0.1) is 11.0 Å². The SMILES string of the molecule is CC(C)C(=O)Nc1cc2c(cc1[N+](=O)[O-])OCO2. The quantitative estimate of drug-likeness (QED) is 0.655. The van der Waals surface area contributed by atoms with Crippen molar-refractivity contribution >= 4 is 17.3 Å². The minimum atomic E-state index is -0.572. The molecule has 1 aromatic carbocycles. The highest BCUT2D eigenvalue weighted by molar-refractivity contribution is 5.94. The minimum Gasteiger partial charge on any atom is -0.454 e. The van der Waals surface area contributed by atoms with Crippen molar-refractivity contribution in [3.05, 3.63) is 22.2 Å². The van der Waals surface area contributed by atoms with E-state index in [1.807, 2.05) is 0 Å². The highest BCUT2D eigenvalue weighted by Gasteiger charge is 2.24. The van der Waals surface area contributed by atoms with Gasteiger partial charge in [-0.3, -0.25) is 14.9 Å². The summed E-state index contributed by atoms with van der Waals surface area (Å²) in [7, 11) is 0. The van der Waals surface area contributed by atoms with Gasteiger partial charge in [-0.15, -0.1) is 0 Å². The van der Waals surface area contributed by atoms with E-state index in [1.54, 1.807) is 13.8 Å². The van der Waals surface area contributed by atoms with Gasteiger partial charge >= 0.3 is 0 Å². The van der Waals surface area contributed by atoms with Crippen molar-refractivity contribution in [3.8, 4) is 11.5 Å². The average Bonchev–Trinajstić information content (AvgIpc) is 2.74. The molecule has 0 saturated heterocycles. The molecule has 1 aromatic rings. The summed E-state index contributed by atoms with van der Waals surface area (Å²) in [6, 6.07) is 2.65. The van der Waals surface area contributed by atoms with Crippen molar-refractivity contribution in [1.82, 2.24) is 0 Å². The molecule has 0 atom stereocenters. The summed E-state index contributed by atoms with van der Waals surface area (Å²) in [6.45, 7) is 3.43. The number of amides is 1. The van der Waals surface area contributed by atoms with Crippen LogP contribution in [0.15, 0.2) is 12.1 Å². The van der Waals surface area contributed by atoms with E-state index >= 15 is 0 Å². The zero-order valence-electron chi connectivity index (χ0n) is 9.93. The topological polar surface area (TPSA) is 90.7 Å². The molecule has 0 radical (unpaired) electrons. The molecule has 0 aromatic heterocycles. The predicted octanol–water partition coefficient (Wildman–Crippen LogP) is 1.92. The highest BCUT2D eigenvalue weighted by atomic mass is 16.7. The van der Waals surface area contributed by atoms with E-state index in [1.165, 1.54) is 12.1 Å². The monoisotopic (exact) mass is 252 g/mol. The third-order valence-electron chi connectivity index (χ3n) is 2.47. The largest absolute Gasteiger partial charge is 0.454 e. The molecular formula is C11H12N2O5. The van der Waals surface area contributed by atoms with Crippen LogP contribution in [-0.2, 0) is 4.79 Å². The lowest BCUT2D eigenvalue weighted by molar-refractivity contribution is -0.384. The van der Waals surface area contributed by atoms with Gasteiger partial charge in [0.25, 0.3) is 5.69 Å². The summed E-state index contributed by atoms with van der Waals surface area (Å²) in [6.07, 6.45) is 0. The zero-order valence-corrected chi connectivity index (χ0v) is 9.93. The number of anilines is 1. The molecule has 1 N–H and O–H groups in total. The molecular weight excluding hydrogens is 240 g/mol. The zero-order chi connectivity index (χ0) is 13.3. The number of carbonyl (C=O) groups is 1. The first-order valence-corrected chi connectivity index (χ1v) is 5.38. The lowest BCUT2D eigenvalue weighted by Crippen LogP contribution is -2.18. The van der Waals surface area contributed by atoms with Gasteiger partial charge in [0.15, 0.2) is 11.5 Å². The summed E-state index contributed by atoms with van der Waals surface area (Å²) in [5.41, 5.74) is -0.101. The Morgan fingerprint density at radius 2 is 2.00 bits per heavy atom. The highest BCUT2D eigenvalue weighted by Crippen LogP contribution is 2.40. The molecule has 0 fully saturated rings. The number of nitrogens with zero attached hydrogens (tertiary/aromatic N) is 1. The van der Waals surface area contributed by atoms with Crippen molar-refractivity contribution in [2.24, 2.45) is 5.92 Å². The van der Waals surface area contributed by atoms with Gasteiger partial charge in [0, 0.05) is 12.0 Å². The van der Waals surface area contributed by atoms with Crippen LogP contribution in [0.3, 0.4) is 0 Å². The first-order valence-electron chi connectivity index (χ1n) is 5.38. The molecule has 7 nitrogen and oxygen atoms in total. The number of nitrogens with one attached hydrogen (secondary N) is 1. The lowest BCUT2D eigenvalue weighted by atomic mass is 10.2. The van der Waals surface area contributed by atoms with Gasteiger partial charge in [0.2, 0.25) is 12.7 Å². The molecule has 18 heavy (non-hydrogen) atoms. The Kier molecular flexibility index (Phi) is 3.05. The summed E-state index contributed by atoms with van der Waals surface area (Å²) >= 11 is 0. The van der Waals surface area contributed by atoms with Gasteiger partial charge in [-0.05, 0) is 0 Å². The van der Waals surface area contributed by atoms with Gasteiger partial charge in [-0.2, -0.15) is 0 Å². The number of fused-ring (bicyclic) bond motifs is 1. The summed E-state index contributed by atoms with van der Waals surface area (Å²) < 4.78 is 10.2. The summed E-state index contributed by atoms with van der Waals surface area (Å²) in [4.78, 5) is 21.9. The molecule has 2 rings (SSSR count). The molecule has 0 aliphatic carbocycles. The lowest BCUT2D eigenvalue weighted by Gasteiger charge is -2.08. The molecule has 1 amide bonds. The predicted molar refractivity (Wildman–Crippen MR) is 62.7 cm³/mol. The van der Waals surface area contributed by atoms with E-state index < -0.39 is 4.92 Å². The molecule has 0 bridgehead atoms. The smallest absolute Gasteiger partial charge is 0.296 e. The van der Waals surface area contributed by atoms with Crippen LogP contribution in [0.1, 0.15) is 13.8 Å². The molecule has 0 saturated carbocycles. The number of nitro benzene ring substituents is 1. The Morgan fingerprint density at radius 3 is 2.56 bits per heavy atom. The third-order valence-corrected chi connectivity index (χ3v) is 2.47. The molecule has 1 aliphatic rings. The number of benzene rings is 1. The number of nitro groups is 1. The standard InChI is InChI=1S/C11H12N2O5/c1-6(2)11(14)12-7-3-9-10(18-5-17-9)4-8(7)13(15)16/h3-4,6H,5H2,1-2H3,(H,12,14). The second kappa shape index (κ2) is 4.52. The van der Waals surface area contributed by atoms with E-state index in [4.69, 9.17) is 9.47 Å². The fourth-order valence-electron chi connectivity index (χ4n) is 1.46. The van der Waals surface area contributed by atoms with Gasteiger partial charge in [-0.1, -0.05) is 13.8 Å². The van der Waals surface area contributed by atoms with E-state index in [0.29, 0.717) is 11.5 Å². The third kappa shape index (κ3) is 2.20. The van der Waals surface area contributed by atoms with E-state index in [0.717, 1.165) is 0 Å². The van der Waals surface area contributed by atoms with Crippen LogP contribution in [0.2, 0.25) is 0 Å². The van der Waals surface area contributed by atoms with Crippen LogP contribution in [0, 0.1) is 16.0 Å². The molecule has 96 valence electrons. The first-order chi connectivity index (χ1) is 8.49. The Morgan fingerprint density at radius 1 is 1.39 bits per heavy atom. The fraction of sp³-hybridized carbons (Fsp3) is 0.364. The van der Waals surface area contributed by atoms with Crippen LogP contribution in [0.4, 0.5) is 11.4 Å². The van der Waals surface area contributed by atoms with Crippen LogP contribution in [0.25, 0.3) is 0 Å². The number of carbonyl (C=O) groups excluding carboxylic acids is 1. The van der Waals surface area contributed by atoms with E-state index in [2.05, 4.69) is 5.32 Å². The number of hydrogen-bond donors (Lipinski definition) is 1. The first kappa shape index (κ1) is 12.2. The van der Waals surface area contributed by atoms with Crippen molar-refractivity contribution in [2.75, 3.05) is 12.1 Å². The van der Waals surface area contributed by atoms with Crippen molar-refractivity contribution in [3.63, 3.8) is 0 Å². The Bertz CT molecular complexity index is 512. The Balaban J connectivity index is 2.38. The Labute approximate surface area is 103 Å². The molecule has 0 spiro atoms. The minimum absolute atomic E-state index is 0.0219.